The number of hydrogen-bond acceptors (Lipinski definition) is 4. The van der Waals surface area contributed by atoms with E-state index in [0.717, 1.165) is 22.3 Å². The van der Waals surface area contributed by atoms with Gasteiger partial charge in [0.15, 0.2) is 0 Å². The third-order valence-electron chi connectivity index (χ3n) is 4.48. The number of benzene rings is 1. The van der Waals surface area contributed by atoms with Gasteiger partial charge in [-0.2, -0.15) is 0 Å². The monoisotopic (exact) mass is 370 g/mol. The molecule has 0 aliphatic carbocycles. The zero-order valence-corrected chi connectivity index (χ0v) is 16.0. The molecule has 3 rings (SSSR count). The molecule has 0 saturated heterocycles. The molecule has 0 N–H and O–H groups in total. The van der Waals surface area contributed by atoms with E-state index in [4.69, 9.17) is 4.74 Å². The molecular weight excluding hydrogens is 348 g/mol. The molecule has 0 bridgehead atoms. The lowest BCUT2D eigenvalue weighted by Crippen LogP contribution is -2.34. The highest BCUT2D eigenvalue weighted by Crippen LogP contribution is 2.26. The molecule has 0 radical (unpaired) electrons. The number of hydrogen-bond donors (Lipinski definition) is 0. The van der Waals surface area contributed by atoms with Crippen molar-refractivity contribution in [3.8, 4) is 0 Å². The minimum atomic E-state index is -0.434. The Balaban J connectivity index is 1.91. The summed E-state index contributed by atoms with van der Waals surface area (Å²) in [6.07, 6.45) is 0.961. The Bertz CT molecular complexity index is 924. The molecule has 1 aromatic carbocycles. The summed E-state index contributed by atoms with van der Waals surface area (Å²) in [5, 5.41) is 1.95. The molecule has 26 heavy (non-hydrogen) atoms. The zero-order chi connectivity index (χ0) is 18.7. The number of carbonyl (C=O) groups is 2. The second-order valence-electron chi connectivity index (χ2n) is 5.94. The molecule has 1 amide bonds. The van der Waals surface area contributed by atoms with Crippen LogP contribution in [0, 0.1) is 0 Å². The third kappa shape index (κ3) is 3.37. The van der Waals surface area contributed by atoms with Crippen LogP contribution in [0.4, 0.5) is 5.69 Å². The van der Waals surface area contributed by atoms with Crippen molar-refractivity contribution < 1.29 is 14.3 Å². The van der Waals surface area contributed by atoms with E-state index in [-0.39, 0.29) is 12.5 Å². The Hall–Kier alpha value is -2.60. The predicted octanol–water partition coefficient (Wildman–Crippen LogP) is 4.10. The SMILES string of the molecule is CCc1ccc(N(CC)C(=O)Cn2c(C(=O)OC)cc3sccc32)cc1. The Morgan fingerprint density at radius 2 is 1.88 bits per heavy atom. The van der Waals surface area contributed by atoms with Crippen LogP contribution in [0.1, 0.15) is 29.9 Å². The van der Waals surface area contributed by atoms with E-state index in [0.29, 0.717) is 12.2 Å². The van der Waals surface area contributed by atoms with Gasteiger partial charge >= 0.3 is 5.97 Å². The van der Waals surface area contributed by atoms with Crippen LogP contribution in [-0.4, -0.2) is 30.1 Å². The van der Waals surface area contributed by atoms with Gasteiger partial charge in [-0.25, -0.2) is 4.79 Å². The van der Waals surface area contributed by atoms with Crippen molar-refractivity contribution in [1.82, 2.24) is 4.57 Å². The molecule has 0 aliphatic heterocycles. The van der Waals surface area contributed by atoms with Crippen molar-refractivity contribution in [3.05, 3.63) is 53.0 Å². The number of aryl methyl sites for hydroxylation is 1. The molecular formula is C20H22N2O3S. The minimum absolute atomic E-state index is 0.0643. The van der Waals surface area contributed by atoms with Gasteiger partial charge in [0.1, 0.15) is 12.2 Å². The van der Waals surface area contributed by atoms with E-state index in [1.54, 1.807) is 15.5 Å². The number of fused-ring (bicyclic) bond motifs is 1. The molecule has 2 heterocycles. The molecule has 136 valence electrons. The van der Waals surface area contributed by atoms with Gasteiger partial charge in [-0.3, -0.25) is 4.79 Å². The van der Waals surface area contributed by atoms with Crippen LogP contribution in [0.25, 0.3) is 10.2 Å². The molecule has 6 heteroatoms. The Morgan fingerprint density at radius 1 is 1.15 bits per heavy atom. The second kappa shape index (κ2) is 7.74. The van der Waals surface area contributed by atoms with Crippen LogP contribution in [0.5, 0.6) is 0 Å². The number of likely N-dealkylation sites (N-methyl/N-ethyl adjacent to an activating group) is 1. The average molecular weight is 370 g/mol. The van der Waals surface area contributed by atoms with Crippen LogP contribution >= 0.6 is 11.3 Å². The van der Waals surface area contributed by atoms with Gasteiger partial charge in [0.2, 0.25) is 5.91 Å². The fourth-order valence-corrected chi connectivity index (χ4v) is 3.88. The van der Waals surface area contributed by atoms with Gasteiger partial charge in [0.25, 0.3) is 0 Å². The standard InChI is InChI=1S/C20H22N2O3S/c1-4-14-6-8-15(9-7-14)21(5-2)19(23)13-22-16-10-11-26-18(16)12-17(22)20(24)25-3/h6-12H,4-5,13H2,1-3H3. The van der Waals surface area contributed by atoms with Gasteiger partial charge in [-0.15, -0.1) is 11.3 Å². The first-order valence-corrected chi connectivity index (χ1v) is 9.51. The van der Waals surface area contributed by atoms with Gasteiger partial charge < -0.3 is 14.2 Å². The number of ether oxygens (including phenoxy) is 1. The topological polar surface area (TPSA) is 51.5 Å². The minimum Gasteiger partial charge on any atom is -0.464 e. The molecule has 0 fully saturated rings. The molecule has 0 spiro atoms. The number of anilines is 1. The molecule has 0 saturated carbocycles. The first-order valence-electron chi connectivity index (χ1n) is 8.63. The maximum atomic E-state index is 13.0. The van der Waals surface area contributed by atoms with Gasteiger partial charge in [-0.05, 0) is 48.6 Å². The summed E-state index contributed by atoms with van der Waals surface area (Å²) in [6, 6.07) is 11.7. The summed E-state index contributed by atoms with van der Waals surface area (Å²) in [7, 11) is 1.35. The fourth-order valence-electron chi connectivity index (χ4n) is 3.06. The molecule has 0 unspecified atom stereocenters. The second-order valence-corrected chi connectivity index (χ2v) is 6.88. The van der Waals surface area contributed by atoms with Crippen molar-refractivity contribution in [3.63, 3.8) is 0 Å². The molecule has 0 aliphatic rings. The summed E-state index contributed by atoms with van der Waals surface area (Å²) < 4.78 is 7.58. The van der Waals surface area contributed by atoms with Crippen molar-refractivity contribution in [2.75, 3.05) is 18.6 Å². The quantitative estimate of drug-likeness (QED) is 0.614. The number of amides is 1. The highest BCUT2D eigenvalue weighted by atomic mass is 32.1. The van der Waals surface area contributed by atoms with E-state index in [1.165, 1.54) is 24.0 Å². The van der Waals surface area contributed by atoms with Crippen LogP contribution in [-0.2, 0) is 22.5 Å². The fraction of sp³-hybridized carbons (Fsp3) is 0.300. The normalized spacial score (nSPS) is 10.9. The van der Waals surface area contributed by atoms with E-state index in [1.807, 2.05) is 42.6 Å². The van der Waals surface area contributed by atoms with Crippen LogP contribution in [0.3, 0.4) is 0 Å². The third-order valence-corrected chi connectivity index (χ3v) is 5.34. The zero-order valence-electron chi connectivity index (χ0n) is 15.2. The number of carbonyl (C=O) groups excluding carboxylic acids is 2. The average Bonchev–Trinajstić information content (AvgIpc) is 3.25. The smallest absolute Gasteiger partial charge is 0.354 e. The van der Waals surface area contributed by atoms with E-state index in [9.17, 15) is 9.59 Å². The maximum absolute atomic E-state index is 13.0. The van der Waals surface area contributed by atoms with E-state index < -0.39 is 5.97 Å². The van der Waals surface area contributed by atoms with Crippen molar-refractivity contribution in [2.24, 2.45) is 0 Å². The number of thiophene rings is 1. The van der Waals surface area contributed by atoms with E-state index >= 15 is 0 Å². The van der Waals surface area contributed by atoms with Crippen molar-refractivity contribution >= 4 is 39.1 Å². The van der Waals surface area contributed by atoms with Crippen LogP contribution < -0.4 is 4.90 Å². The van der Waals surface area contributed by atoms with Crippen molar-refractivity contribution in [1.29, 1.82) is 0 Å². The Kier molecular flexibility index (Phi) is 5.42. The number of methoxy groups -OCH3 is 1. The summed E-state index contributed by atoms with van der Waals surface area (Å²) in [5.41, 5.74) is 3.37. The first kappa shape index (κ1) is 18.2. The highest BCUT2D eigenvalue weighted by Gasteiger charge is 2.21. The summed E-state index contributed by atoms with van der Waals surface area (Å²) >= 11 is 1.54. The van der Waals surface area contributed by atoms with E-state index in [2.05, 4.69) is 6.92 Å². The Labute approximate surface area is 156 Å². The summed E-state index contributed by atoms with van der Waals surface area (Å²) in [5.74, 6) is -0.498. The first-order chi connectivity index (χ1) is 12.6. The van der Waals surface area contributed by atoms with Crippen LogP contribution in [0.2, 0.25) is 0 Å². The molecule has 5 nitrogen and oxygen atoms in total. The number of nitrogens with zero attached hydrogens (tertiary/aromatic N) is 2. The van der Waals surface area contributed by atoms with Crippen LogP contribution in [0.15, 0.2) is 41.8 Å². The van der Waals surface area contributed by atoms with Crippen molar-refractivity contribution in [2.45, 2.75) is 26.8 Å². The lowest BCUT2D eigenvalue weighted by atomic mass is 10.1. The maximum Gasteiger partial charge on any atom is 0.354 e. The predicted molar refractivity (Wildman–Crippen MR) is 105 cm³/mol. The number of esters is 1. The summed E-state index contributed by atoms with van der Waals surface area (Å²) in [4.78, 5) is 26.8. The van der Waals surface area contributed by atoms with Gasteiger partial charge in [-0.1, -0.05) is 19.1 Å². The number of rotatable bonds is 6. The van der Waals surface area contributed by atoms with Gasteiger partial charge in [0, 0.05) is 12.2 Å². The molecule has 2 aromatic heterocycles. The Morgan fingerprint density at radius 3 is 2.50 bits per heavy atom. The highest BCUT2D eigenvalue weighted by molar-refractivity contribution is 7.17. The lowest BCUT2D eigenvalue weighted by Gasteiger charge is -2.22. The molecule has 3 aromatic rings. The molecule has 0 atom stereocenters. The number of aromatic nitrogens is 1. The largest absolute Gasteiger partial charge is 0.464 e. The summed E-state index contributed by atoms with van der Waals surface area (Å²) in [6.45, 7) is 4.70. The van der Waals surface area contributed by atoms with Gasteiger partial charge in [0.05, 0.1) is 17.3 Å². The lowest BCUT2D eigenvalue weighted by molar-refractivity contribution is -0.119.